The van der Waals surface area contributed by atoms with E-state index in [4.69, 9.17) is 16.3 Å². The van der Waals surface area contributed by atoms with Crippen molar-refractivity contribution in [3.05, 3.63) is 64.9 Å². The number of hydrogen-bond donors (Lipinski definition) is 1. The van der Waals surface area contributed by atoms with Gasteiger partial charge in [0.15, 0.2) is 0 Å². The topological polar surface area (TPSA) is 55.4 Å². The second-order valence-corrected chi connectivity index (χ2v) is 6.32. The van der Waals surface area contributed by atoms with Crippen LogP contribution in [0.1, 0.15) is 10.4 Å². The molecule has 24 heavy (non-hydrogen) atoms. The monoisotopic (exact) mass is 367 g/mol. The second kappa shape index (κ2) is 9.30. The number of halogens is 2. The Labute approximate surface area is 148 Å². The van der Waals surface area contributed by atoms with E-state index in [1.807, 2.05) is 12.1 Å². The van der Waals surface area contributed by atoms with Crippen LogP contribution in [0.4, 0.5) is 4.39 Å². The van der Waals surface area contributed by atoms with Crippen molar-refractivity contribution in [2.75, 3.05) is 18.9 Å². The van der Waals surface area contributed by atoms with E-state index in [9.17, 15) is 14.0 Å². The fraction of sp³-hybridized carbons (Fsp3) is 0.176. The van der Waals surface area contributed by atoms with Crippen LogP contribution in [0, 0.1) is 5.82 Å². The molecule has 0 atom stereocenters. The van der Waals surface area contributed by atoms with E-state index in [0.717, 1.165) is 11.0 Å². The van der Waals surface area contributed by atoms with E-state index >= 15 is 0 Å². The predicted molar refractivity (Wildman–Crippen MR) is 91.9 cm³/mol. The zero-order valence-corrected chi connectivity index (χ0v) is 14.2. The lowest BCUT2D eigenvalue weighted by atomic mass is 10.2. The number of carbonyl (C=O) groups is 2. The van der Waals surface area contributed by atoms with Crippen molar-refractivity contribution in [3.63, 3.8) is 0 Å². The molecule has 0 fully saturated rings. The molecule has 0 aliphatic heterocycles. The van der Waals surface area contributed by atoms with Gasteiger partial charge in [-0.25, -0.2) is 4.39 Å². The maximum Gasteiger partial charge on any atom is 0.325 e. The number of hydrogen-bond acceptors (Lipinski definition) is 4. The van der Waals surface area contributed by atoms with Gasteiger partial charge in [-0.1, -0.05) is 17.7 Å². The molecule has 0 heterocycles. The van der Waals surface area contributed by atoms with Crippen molar-refractivity contribution < 1.29 is 18.7 Å². The molecule has 0 radical (unpaired) electrons. The van der Waals surface area contributed by atoms with E-state index in [1.54, 1.807) is 12.1 Å². The fourth-order valence-electron chi connectivity index (χ4n) is 1.78. The normalized spacial score (nSPS) is 10.2. The van der Waals surface area contributed by atoms with Crippen molar-refractivity contribution in [1.82, 2.24) is 5.32 Å². The predicted octanol–water partition coefficient (Wildman–Crippen LogP) is 3.54. The first-order chi connectivity index (χ1) is 11.5. The SMILES string of the molecule is O=C(CNC(=O)c1cccc(F)c1)OCCSc1ccc(Cl)cc1. The van der Waals surface area contributed by atoms with E-state index in [1.165, 1.54) is 30.0 Å². The highest BCUT2D eigenvalue weighted by molar-refractivity contribution is 7.99. The van der Waals surface area contributed by atoms with Gasteiger partial charge in [0.25, 0.3) is 5.91 Å². The zero-order chi connectivity index (χ0) is 17.4. The number of thioether (sulfide) groups is 1. The van der Waals surface area contributed by atoms with Crippen LogP contribution in [0.3, 0.4) is 0 Å². The van der Waals surface area contributed by atoms with E-state index in [0.29, 0.717) is 10.8 Å². The van der Waals surface area contributed by atoms with Crippen LogP contribution in [-0.4, -0.2) is 30.8 Å². The largest absolute Gasteiger partial charge is 0.463 e. The Balaban J connectivity index is 1.64. The second-order valence-electron chi connectivity index (χ2n) is 4.72. The van der Waals surface area contributed by atoms with Crippen LogP contribution < -0.4 is 5.32 Å². The number of benzene rings is 2. The Morgan fingerprint density at radius 1 is 1.17 bits per heavy atom. The van der Waals surface area contributed by atoms with Crippen LogP contribution in [0.15, 0.2) is 53.4 Å². The molecule has 126 valence electrons. The summed E-state index contributed by atoms with van der Waals surface area (Å²) in [5.41, 5.74) is 0.154. The van der Waals surface area contributed by atoms with Gasteiger partial charge < -0.3 is 10.1 Å². The van der Waals surface area contributed by atoms with E-state index in [-0.39, 0.29) is 18.7 Å². The summed E-state index contributed by atoms with van der Waals surface area (Å²) in [6, 6.07) is 12.6. The third-order valence-electron chi connectivity index (χ3n) is 2.91. The van der Waals surface area contributed by atoms with Gasteiger partial charge in [-0.2, -0.15) is 0 Å². The van der Waals surface area contributed by atoms with Crippen molar-refractivity contribution in [2.24, 2.45) is 0 Å². The summed E-state index contributed by atoms with van der Waals surface area (Å²) in [7, 11) is 0. The standard InChI is InChI=1S/C17H15ClFNO3S/c18-13-4-6-15(7-5-13)24-9-8-23-16(21)11-20-17(22)12-2-1-3-14(19)10-12/h1-7,10H,8-9,11H2,(H,20,22). The summed E-state index contributed by atoms with van der Waals surface area (Å²) in [6.45, 7) is -0.0388. The first kappa shape index (κ1) is 18.3. The molecule has 1 amide bonds. The van der Waals surface area contributed by atoms with Crippen LogP contribution in [0.5, 0.6) is 0 Å². The highest BCUT2D eigenvalue weighted by atomic mass is 35.5. The summed E-state index contributed by atoms with van der Waals surface area (Å²) in [5, 5.41) is 3.06. The number of esters is 1. The zero-order valence-electron chi connectivity index (χ0n) is 12.6. The Bertz CT molecular complexity index is 709. The molecule has 0 aliphatic carbocycles. The Kier molecular flexibility index (Phi) is 7.08. The lowest BCUT2D eigenvalue weighted by Crippen LogP contribution is -2.31. The molecule has 0 unspecified atom stereocenters. The molecule has 0 spiro atoms. The highest BCUT2D eigenvalue weighted by Gasteiger charge is 2.09. The third kappa shape index (κ3) is 6.22. The van der Waals surface area contributed by atoms with Crippen molar-refractivity contribution in [3.8, 4) is 0 Å². The molecule has 1 N–H and O–H groups in total. The Hall–Kier alpha value is -2.05. The summed E-state index contributed by atoms with van der Waals surface area (Å²) in [5.74, 6) is -0.992. The first-order valence-corrected chi connectivity index (χ1v) is 8.49. The molecule has 0 bridgehead atoms. The quantitative estimate of drug-likeness (QED) is 0.462. The van der Waals surface area contributed by atoms with Crippen LogP contribution in [0.2, 0.25) is 5.02 Å². The van der Waals surface area contributed by atoms with E-state index < -0.39 is 17.7 Å². The fourth-order valence-corrected chi connectivity index (χ4v) is 2.64. The summed E-state index contributed by atoms with van der Waals surface area (Å²) in [6.07, 6.45) is 0. The molecule has 2 rings (SSSR count). The molecule has 7 heteroatoms. The first-order valence-electron chi connectivity index (χ1n) is 7.12. The van der Waals surface area contributed by atoms with E-state index in [2.05, 4.69) is 5.32 Å². The van der Waals surface area contributed by atoms with Crippen LogP contribution >= 0.6 is 23.4 Å². The molecule has 2 aromatic carbocycles. The summed E-state index contributed by atoms with van der Waals surface area (Å²) < 4.78 is 18.0. The maximum absolute atomic E-state index is 13.0. The van der Waals surface area contributed by atoms with Crippen LogP contribution in [-0.2, 0) is 9.53 Å². The molecule has 2 aromatic rings. The number of rotatable bonds is 7. The third-order valence-corrected chi connectivity index (χ3v) is 4.14. The molecule has 0 aliphatic rings. The molecule has 4 nitrogen and oxygen atoms in total. The summed E-state index contributed by atoms with van der Waals surface area (Å²) in [4.78, 5) is 24.3. The molecular weight excluding hydrogens is 353 g/mol. The van der Waals surface area contributed by atoms with Crippen LogP contribution in [0.25, 0.3) is 0 Å². The van der Waals surface area contributed by atoms with Gasteiger partial charge in [0.1, 0.15) is 19.0 Å². The molecule has 0 saturated heterocycles. The van der Waals surface area contributed by atoms with Gasteiger partial charge in [-0.3, -0.25) is 9.59 Å². The average molecular weight is 368 g/mol. The van der Waals surface area contributed by atoms with Gasteiger partial charge in [-0.05, 0) is 42.5 Å². The lowest BCUT2D eigenvalue weighted by Gasteiger charge is -2.07. The number of nitrogens with one attached hydrogen (secondary N) is 1. The Morgan fingerprint density at radius 3 is 2.62 bits per heavy atom. The van der Waals surface area contributed by atoms with Gasteiger partial charge in [0.05, 0.1) is 0 Å². The average Bonchev–Trinajstić information content (AvgIpc) is 2.58. The molecular formula is C17H15ClFNO3S. The van der Waals surface area contributed by atoms with Crippen molar-refractivity contribution in [2.45, 2.75) is 4.90 Å². The van der Waals surface area contributed by atoms with Crippen molar-refractivity contribution >= 4 is 35.2 Å². The van der Waals surface area contributed by atoms with Gasteiger partial charge >= 0.3 is 5.97 Å². The number of amides is 1. The minimum absolute atomic E-state index is 0.154. The van der Waals surface area contributed by atoms with Gasteiger partial charge in [0.2, 0.25) is 0 Å². The maximum atomic E-state index is 13.0. The minimum Gasteiger partial charge on any atom is -0.463 e. The smallest absolute Gasteiger partial charge is 0.325 e. The molecule has 0 aromatic heterocycles. The highest BCUT2D eigenvalue weighted by Crippen LogP contribution is 2.19. The number of ether oxygens (including phenoxy) is 1. The number of carbonyl (C=O) groups excluding carboxylic acids is 2. The van der Waals surface area contributed by atoms with Gasteiger partial charge in [0, 0.05) is 21.2 Å². The van der Waals surface area contributed by atoms with Crippen molar-refractivity contribution in [1.29, 1.82) is 0 Å². The Morgan fingerprint density at radius 2 is 1.92 bits per heavy atom. The minimum atomic E-state index is -0.545. The lowest BCUT2D eigenvalue weighted by molar-refractivity contribution is -0.141. The summed E-state index contributed by atoms with van der Waals surface area (Å²) >= 11 is 7.32. The molecule has 0 saturated carbocycles. The van der Waals surface area contributed by atoms with Gasteiger partial charge in [-0.15, -0.1) is 11.8 Å².